The summed E-state index contributed by atoms with van der Waals surface area (Å²) in [4.78, 5) is 44.7. The molecule has 2 aromatic rings. The molecule has 196 valence electrons. The number of aliphatic carboxylic acids is 1. The lowest BCUT2D eigenvalue weighted by Crippen LogP contribution is -2.49. The van der Waals surface area contributed by atoms with Gasteiger partial charge in [-0.15, -0.1) is 0 Å². The molecule has 0 spiro atoms. The number of aliphatic imine (C=N–C) groups is 1. The van der Waals surface area contributed by atoms with E-state index in [-0.39, 0.29) is 25.4 Å². The number of hydrogen-bond donors (Lipinski definition) is 4. The summed E-state index contributed by atoms with van der Waals surface area (Å²) in [5.74, 6) is -0.571. The van der Waals surface area contributed by atoms with Crippen LogP contribution >= 0.6 is 0 Å². The molecule has 0 radical (unpaired) electrons. The van der Waals surface area contributed by atoms with Crippen LogP contribution in [0.2, 0.25) is 0 Å². The third kappa shape index (κ3) is 7.60. The Balaban J connectivity index is 1.21. The zero-order chi connectivity index (χ0) is 26.0. The van der Waals surface area contributed by atoms with Crippen molar-refractivity contribution in [3.05, 3.63) is 60.2 Å². The summed E-state index contributed by atoms with van der Waals surface area (Å²) in [5.41, 5.74) is 2.79. The monoisotopic (exact) mass is 508 g/mol. The van der Waals surface area contributed by atoms with E-state index < -0.39 is 18.1 Å². The maximum atomic E-state index is 12.8. The van der Waals surface area contributed by atoms with Gasteiger partial charge in [0.25, 0.3) is 0 Å². The minimum absolute atomic E-state index is 0.0134. The summed E-state index contributed by atoms with van der Waals surface area (Å²) >= 11 is 0. The molecule has 2 aliphatic heterocycles. The number of nitrogens with zero attached hydrogens (tertiary/aromatic N) is 3. The SMILES string of the molecule is O=C(N[C@@H](CCC(=O)N1CCN(c2cccc(NC3=NCCN3)c2)CC1)C(=O)O)OCc1ccccc1. The molecule has 0 aromatic heterocycles. The molecule has 2 aromatic carbocycles. The number of carboxylic acid groups (broad SMARTS) is 1. The van der Waals surface area contributed by atoms with Crippen LogP contribution in [0.5, 0.6) is 0 Å². The van der Waals surface area contributed by atoms with Crippen molar-refractivity contribution in [1.29, 1.82) is 0 Å². The quantitative estimate of drug-likeness (QED) is 0.403. The van der Waals surface area contributed by atoms with Crippen LogP contribution in [0, 0.1) is 0 Å². The predicted molar refractivity (Wildman–Crippen MR) is 140 cm³/mol. The topological polar surface area (TPSA) is 136 Å². The van der Waals surface area contributed by atoms with Crippen molar-refractivity contribution in [3.8, 4) is 0 Å². The summed E-state index contributed by atoms with van der Waals surface area (Å²) in [6.45, 7) is 4.04. The smallest absolute Gasteiger partial charge is 0.408 e. The second-order valence-electron chi connectivity index (χ2n) is 8.84. The second-order valence-corrected chi connectivity index (χ2v) is 8.84. The van der Waals surface area contributed by atoms with Gasteiger partial charge in [-0.1, -0.05) is 36.4 Å². The molecule has 2 heterocycles. The molecular formula is C26H32N6O5. The van der Waals surface area contributed by atoms with Crippen LogP contribution in [0.4, 0.5) is 16.2 Å². The van der Waals surface area contributed by atoms with Crippen LogP contribution in [0.1, 0.15) is 18.4 Å². The lowest BCUT2D eigenvalue weighted by atomic mass is 10.1. The first-order valence-electron chi connectivity index (χ1n) is 12.4. The first-order chi connectivity index (χ1) is 18.0. The normalized spacial score (nSPS) is 15.8. The van der Waals surface area contributed by atoms with Crippen LogP contribution in [-0.2, 0) is 20.9 Å². The van der Waals surface area contributed by atoms with E-state index >= 15 is 0 Å². The second kappa shape index (κ2) is 12.6. The number of carboxylic acids is 1. The average Bonchev–Trinajstić information content (AvgIpc) is 3.43. The Bertz CT molecular complexity index is 1120. The third-order valence-electron chi connectivity index (χ3n) is 6.23. The highest BCUT2D eigenvalue weighted by Gasteiger charge is 2.25. The molecule has 2 aliphatic rings. The molecule has 1 fully saturated rings. The standard InChI is InChI=1S/C26H32N6O5/c33-23(10-9-22(24(34)35)30-26(36)37-18-19-5-2-1-3-6-19)32-15-13-31(14-16-32)21-8-4-7-20(17-21)29-25-27-11-12-28-25/h1-8,17,22H,9-16,18H2,(H,30,36)(H,34,35)(H2,27,28,29)/t22-/m0/s1. The highest BCUT2D eigenvalue weighted by Crippen LogP contribution is 2.21. The molecule has 1 saturated heterocycles. The molecule has 0 saturated carbocycles. The zero-order valence-electron chi connectivity index (χ0n) is 20.6. The molecule has 0 unspecified atom stereocenters. The van der Waals surface area contributed by atoms with Gasteiger partial charge in [-0.2, -0.15) is 0 Å². The predicted octanol–water partition coefficient (Wildman–Crippen LogP) is 1.87. The average molecular weight is 509 g/mol. The summed E-state index contributed by atoms with van der Waals surface area (Å²) in [6, 6.07) is 15.9. The number of alkyl carbamates (subject to hydrolysis) is 1. The van der Waals surface area contributed by atoms with E-state index in [9.17, 15) is 19.5 Å². The van der Waals surface area contributed by atoms with Crippen LogP contribution in [0.3, 0.4) is 0 Å². The number of carbonyl (C=O) groups excluding carboxylic acids is 2. The van der Waals surface area contributed by atoms with E-state index in [0.29, 0.717) is 26.2 Å². The van der Waals surface area contributed by atoms with Crippen LogP contribution < -0.4 is 20.9 Å². The van der Waals surface area contributed by atoms with Crippen molar-refractivity contribution in [1.82, 2.24) is 15.5 Å². The lowest BCUT2D eigenvalue weighted by molar-refractivity contribution is -0.140. The van der Waals surface area contributed by atoms with E-state index in [2.05, 4.69) is 31.9 Å². The number of guanidine groups is 1. The van der Waals surface area contributed by atoms with E-state index in [1.54, 1.807) is 17.0 Å². The Kier molecular flexibility index (Phi) is 8.79. The van der Waals surface area contributed by atoms with Crippen molar-refractivity contribution >= 4 is 35.3 Å². The minimum Gasteiger partial charge on any atom is -0.480 e. The maximum Gasteiger partial charge on any atom is 0.408 e. The van der Waals surface area contributed by atoms with E-state index in [0.717, 1.165) is 36.0 Å². The summed E-state index contributed by atoms with van der Waals surface area (Å²) in [5, 5.41) is 18.3. The van der Waals surface area contributed by atoms with E-state index in [1.807, 2.05) is 36.4 Å². The molecular weight excluding hydrogens is 476 g/mol. The third-order valence-corrected chi connectivity index (χ3v) is 6.23. The summed E-state index contributed by atoms with van der Waals surface area (Å²) in [7, 11) is 0. The summed E-state index contributed by atoms with van der Waals surface area (Å²) < 4.78 is 5.10. The highest BCUT2D eigenvalue weighted by atomic mass is 16.5. The van der Waals surface area contributed by atoms with E-state index in [4.69, 9.17) is 4.74 Å². The van der Waals surface area contributed by atoms with Crippen LogP contribution in [-0.4, -0.2) is 79.2 Å². The van der Waals surface area contributed by atoms with Crippen molar-refractivity contribution in [2.75, 3.05) is 49.5 Å². The van der Waals surface area contributed by atoms with Gasteiger partial charge in [0.2, 0.25) is 5.91 Å². The number of amides is 2. The van der Waals surface area contributed by atoms with Gasteiger partial charge in [0.05, 0.1) is 6.54 Å². The Morgan fingerprint density at radius 2 is 1.84 bits per heavy atom. The molecule has 4 rings (SSSR count). The number of nitrogens with one attached hydrogen (secondary N) is 3. The maximum absolute atomic E-state index is 12.8. The molecule has 0 bridgehead atoms. The van der Waals surface area contributed by atoms with Gasteiger partial charge in [0.15, 0.2) is 5.96 Å². The fraction of sp³-hybridized carbons (Fsp3) is 0.385. The van der Waals surface area contributed by atoms with Gasteiger partial charge < -0.3 is 35.6 Å². The van der Waals surface area contributed by atoms with Crippen LogP contribution in [0.15, 0.2) is 59.6 Å². The molecule has 0 aliphatic carbocycles. The number of piperazine rings is 1. The first-order valence-corrected chi connectivity index (χ1v) is 12.4. The Hall–Kier alpha value is -4.28. The van der Waals surface area contributed by atoms with Gasteiger partial charge in [-0.3, -0.25) is 9.79 Å². The molecule has 11 heteroatoms. The zero-order valence-corrected chi connectivity index (χ0v) is 20.6. The van der Waals surface area contributed by atoms with E-state index in [1.165, 1.54) is 0 Å². The molecule has 2 amide bonds. The molecule has 11 nitrogen and oxygen atoms in total. The molecule has 1 atom stereocenters. The largest absolute Gasteiger partial charge is 0.480 e. The number of rotatable bonds is 9. The number of hydrogen-bond acceptors (Lipinski definition) is 8. The minimum atomic E-state index is -1.21. The van der Waals surface area contributed by atoms with Crippen molar-refractivity contribution in [2.45, 2.75) is 25.5 Å². The fourth-order valence-corrected chi connectivity index (χ4v) is 4.20. The van der Waals surface area contributed by atoms with Crippen molar-refractivity contribution in [3.63, 3.8) is 0 Å². The Morgan fingerprint density at radius 3 is 2.54 bits per heavy atom. The van der Waals surface area contributed by atoms with Crippen molar-refractivity contribution < 1.29 is 24.2 Å². The van der Waals surface area contributed by atoms with Gasteiger partial charge in [0.1, 0.15) is 12.6 Å². The van der Waals surface area contributed by atoms with Gasteiger partial charge in [-0.25, -0.2) is 9.59 Å². The number of benzene rings is 2. The highest BCUT2D eigenvalue weighted by molar-refractivity contribution is 5.95. The van der Waals surface area contributed by atoms with Gasteiger partial charge >= 0.3 is 12.1 Å². The van der Waals surface area contributed by atoms with Gasteiger partial charge in [-0.05, 0) is 30.2 Å². The Labute approximate surface area is 215 Å². The molecule has 4 N–H and O–H groups in total. The first kappa shape index (κ1) is 25.8. The number of anilines is 2. The van der Waals surface area contributed by atoms with Gasteiger partial charge in [0, 0.05) is 50.5 Å². The Morgan fingerprint density at radius 1 is 1.05 bits per heavy atom. The molecule has 37 heavy (non-hydrogen) atoms. The van der Waals surface area contributed by atoms with Crippen LogP contribution in [0.25, 0.3) is 0 Å². The lowest BCUT2D eigenvalue weighted by Gasteiger charge is -2.36. The fourth-order valence-electron chi connectivity index (χ4n) is 4.20. The number of carbonyl (C=O) groups is 3. The van der Waals surface area contributed by atoms with Crippen molar-refractivity contribution in [2.24, 2.45) is 4.99 Å². The number of ether oxygens (including phenoxy) is 1. The summed E-state index contributed by atoms with van der Waals surface area (Å²) in [6.07, 6.45) is -0.824.